The number of hydrogen-bond acceptors (Lipinski definition) is 3. The van der Waals surface area contributed by atoms with Gasteiger partial charge in [-0.2, -0.15) is 13.2 Å². The molecule has 1 fully saturated rings. The summed E-state index contributed by atoms with van der Waals surface area (Å²) in [5.74, 6) is 1.27. The Morgan fingerprint density at radius 1 is 1.26 bits per heavy atom. The molecular formula is C13H24F3NO2. The molecule has 114 valence electrons. The minimum absolute atomic E-state index is 0.327. The molecule has 0 unspecified atom stereocenters. The largest absolute Gasteiger partial charge is 0.411 e. The van der Waals surface area contributed by atoms with Gasteiger partial charge in [-0.05, 0) is 37.5 Å². The first kappa shape index (κ1) is 16.7. The third kappa shape index (κ3) is 5.67. The molecule has 0 aromatic rings. The lowest BCUT2D eigenvalue weighted by Crippen LogP contribution is -2.45. The zero-order chi connectivity index (χ0) is 14.5. The molecule has 1 rings (SSSR count). The van der Waals surface area contributed by atoms with Crippen molar-refractivity contribution in [3.63, 3.8) is 0 Å². The van der Waals surface area contributed by atoms with Crippen LogP contribution in [0.25, 0.3) is 0 Å². The lowest BCUT2D eigenvalue weighted by Gasteiger charge is -2.40. The standard InChI is InChI=1S/C13H24F3NO2/c1-10(2)11-3-5-12(7-17,6-4-11)19-9-18-8-13(14,15)16/h10-11H,3-9,17H2,1-2H3. The van der Waals surface area contributed by atoms with Crippen LogP contribution in [0.1, 0.15) is 39.5 Å². The van der Waals surface area contributed by atoms with Crippen molar-refractivity contribution in [3.8, 4) is 0 Å². The minimum Gasteiger partial charge on any atom is -0.348 e. The summed E-state index contributed by atoms with van der Waals surface area (Å²) in [7, 11) is 0. The molecule has 1 saturated carbocycles. The van der Waals surface area contributed by atoms with Crippen LogP contribution in [0.3, 0.4) is 0 Å². The predicted molar refractivity (Wildman–Crippen MR) is 66.5 cm³/mol. The van der Waals surface area contributed by atoms with Gasteiger partial charge in [0.25, 0.3) is 0 Å². The van der Waals surface area contributed by atoms with E-state index in [0.29, 0.717) is 18.4 Å². The molecule has 0 spiro atoms. The first-order chi connectivity index (χ1) is 8.78. The average molecular weight is 283 g/mol. The van der Waals surface area contributed by atoms with Crippen LogP contribution >= 0.6 is 0 Å². The van der Waals surface area contributed by atoms with Crippen LogP contribution in [0.15, 0.2) is 0 Å². The average Bonchev–Trinajstić information content (AvgIpc) is 2.34. The van der Waals surface area contributed by atoms with Gasteiger partial charge in [-0.1, -0.05) is 13.8 Å². The Hall–Kier alpha value is -0.330. The quantitative estimate of drug-likeness (QED) is 0.602. The van der Waals surface area contributed by atoms with Crippen LogP contribution < -0.4 is 5.73 Å². The van der Waals surface area contributed by atoms with Crippen LogP contribution in [0.2, 0.25) is 0 Å². The van der Waals surface area contributed by atoms with Gasteiger partial charge in [0.2, 0.25) is 0 Å². The maximum atomic E-state index is 11.9. The third-order valence-electron chi connectivity index (χ3n) is 3.97. The van der Waals surface area contributed by atoms with Gasteiger partial charge in [0.05, 0.1) is 5.60 Å². The molecule has 6 heteroatoms. The second-order valence-electron chi connectivity index (χ2n) is 5.69. The second kappa shape index (κ2) is 6.90. The molecule has 0 heterocycles. The summed E-state index contributed by atoms with van der Waals surface area (Å²) in [6.45, 7) is 3.08. The van der Waals surface area contributed by atoms with Gasteiger partial charge in [-0.3, -0.25) is 0 Å². The summed E-state index contributed by atoms with van der Waals surface area (Å²) >= 11 is 0. The summed E-state index contributed by atoms with van der Waals surface area (Å²) < 4.78 is 45.8. The van der Waals surface area contributed by atoms with Crippen molar-refractivity contribution >= 4 is 0 Å². The molecule has 19 heavy (non-hydrogen) atoms. The van der Waals surface area contributed by atoms with E-state index in [4.69, 9.17) is 10.5 Å². The summed E-state index contributed by atoms with van der Waals surface area (Å²) in [6.07, 6.45) is -0.708. The maximum Gasteiger partial charge on any atom is 0.411 e. The van der Waals surface area contributed by atoms with E-state index in [2.05, 4.69) is 18.6 Å². The molecule has 3 nitrogen and oxygen atoms in total. The fourth-order valence-corrected chi connectivity index (χ4v) is 2.56. The van der Waals surface area contributed by atoms with Gasteiger partial charge in [-0.25, -0.2) is 0 Å². The number of rotatable bonds is 6. The Balaban J connectivity index is 2.33. The highest BCUT2D eigenvalue weighted by molar-refractivity contribution is 4.88. The highest BCUT2D eigenvalue weighted by Crippen LogP contribution is 2.37. The van der Waals surface area contributed by atoms with E-state index in [1.54, 1.807) is 0 Å². The smallest absolute Gasteiger partial charge is 0.348 e. The first-order valence-corrected chi connectivity index (χ1v) is 6.76. The van der Waals surface area contributed by atoms with Crippen molar-refractivity contribution < 1.29 is 22.6 Å². The summed E-state index contributed by atoms with van der Waals surface area (Å²) in [5.41, 5.74) is 5.22. The van der Waals surface area contributed by atoms with Crippen molar-refractivity contribution in [2.24, 2.45) is 17.6 Å². The van der Waals surface area contributed by atoms with Crippen LogP contribution in [-0.4, -0.2) is 31.7 Å². The van der Waals surface area contributed by atoms with E-state index in [1.165, 1.54) is 0 Å². The molecular weight excluding hydrogens is 259 g/mol. The van der Waals surface area contributed by atoms with Crippen LogP contribution in [0.4, 0.5) is 13.2 Å². The molecule has 1 aliphatic carbocycles. The number of alkyl halides is 3. The molecule has 0 radical (unpaired) electrons. The third-order valence-corrected chi connectivity index (χ3v) is 3.97. The Labute approximate surface area is 112 Å². The number of hydrogen-bond donors (Lipinski definition) is 1. The van der Waals surface area contributed by atoms with Crippen molar-refractivity contribution in [2.45, 2.75) is 51.3 Å². The summed E-state index contributed by atoms with van der Waals surface area (Å²) in [5, 5.41) is 0. The summed E-state index contributed by atoms with van der Waals surface area (Å²) in [6, 6.07) is 0. The summed E-state index contributed by atoms with van der Waals surface area (Å²) in [4.78, 5) is 0. The van der Waals surface area contributed by atoms with Gasteiger partial charge >= 0.3 is 6.18 Å². The molecule has 0 amide bonds. The van der Waals surface area contributed by atoms with Crippen molar-refractivity contribution in [2.75, 3.05) is 19.9 Å². The van der Waals surface area contributed by atoms with E-state index in [-0.39, 0.29) is 6.79 Å². The minimum atomic E-state index is -4.31. The van der Waals surface area contributed by atoms with E-state index in [1.807, 2.05) is 0 Å². The highest BCUT2D eigenvalue weighted by Gasteiger charge is 2.36. The second-order valence-corrected chi connectivity index (χ2v) is 5.69. The SMILES string of the molecule is CC(C)C1CCC(CN)(OCOCC(F)(F)F)CC1. The first-order valence-electron chi connectivity index (χ1n) is 6.76. The molecule has 0 saturated heterocycles. The van der Waals surface area contributed by atoms with Crippen molar-refractivity contribution in [1.82, 2.24) is 0 Å². The normalized spacial score (nSPS) is 28.9. The highest BCUT2D eigenvalue weighted by atomic mass is 19.4. The van der Waals surface area contributed by atoms with Gasteiger partial charge in [0.15, 0.2) is 0 Å². The van der Waals surface area contributed by atoms with Crippen molar-refractivity contribution in [1.29, 1.82) is 0 Å². The van der Waals surface area contributed by atoms with Crippen LogP contribution in [0.5, 0.6) is 0 Å². The Kier molecular flexibility index (Phi) is 6.08. The monoisotopic (exact) mass is 283 g/mol. The molecule has 0 bridgehead atoms. The topological polar surface area (TPSA) is 44.5 Å². The lowest BCUT2D eigenvalue weighted by molar-refractivity contribution is -0.219. The zero-order valence-corrected chi connectivity index (χ0v) is 11.6. The zero-order valence-electron chi connectivity index (χ0n) is 11.6. The van der Waals surface area contributed by atoms with Crippen LogP contribution in [0, 0.1) is 11.8 Å². The van der Waals surface area contributed by atoms with Gasteiger partial charge in [0, 0.05) is 6.54 Å². The Morgan fingerprint density at radius 3 is 2.26 bits per heavy atom. The molecule has 0 aliphatic heterocycles. The van der Waals surface area contributed by atoms with E-state index in [9.17, 15) is 13.2 Å². The van der Waals surface area contributed by atoms with E-state index in [0.717, 1.165) is 25.7 Å². The molecule has 0 aromatic heterocycles. The molecule has 1 aliphatic rings. The fourth-order valence-electron chi connectivity index (χ4n) is 2.56. The number of halogens is 3. The Morgan fingerprint density at radius 2 is 1.84 bits per heavy atom. The lowest BCUT2D eigenvalue weighted by atomic mass is 9.74. The van der Waals surface area contributed by atoms with E-state index < -0.39 is 18.4 Å². The predicted octanol–water partition coefficient (Wildman–Crippen LogP) is 3.08. The molecule has 0 aromatic carbocycles. The number of nitrogens with two attached hydrogens (primary N) is 1. The van der Waals surface area contributed by atoms with Gasteiger partial charge < -0.3 is 15.2 Å². The van der Waals surface area contributed by atoms with E-state index >= 15 is 0 Å². The van der Waals surface area contributed by atoms with Gasteiger partial charge in [-0.15, -0.1) is 0 Å². The molecule has 0 atom stereocenters. The van der Waals surface area contributed by atoms with Crippen LogP contribution in [-0.2, 0) is 9.47 Å². The van der Waals surface area contributed by atoms with Gasteiger partial charge in [0.1, 0.15) is 13.4 Å². The maximum absolute atomic E-state index is 11.9. The fraction of sp³-hybridized carbons (Fsp3) is 1.00. The Bertz CT molecular complexity index is 261. The molecule has 2 N–H and O–H groups in total. The number of ether oxygens (including phenoxy) is 2. The van der Waals surface area contributed by atoms with Crippen molar-refractivity contribution in [3.05, 3.63) is 0 Å².